The van der Waals surface area contributed by atoms with Crippen molar-refractivity contribution in [2.24, 2.45) is 0 Å². The number of ether oxygens (including phenoxy) is 1. The molecule has 0 heterocycles. The normalized spacial score (nSPS) is 13.9. The minimum Gasteiger partial charge on any atom is -0.462 e. The first-order valence-electron chi connectivity index (χ1n) is 24.7. The Morgan fingerprint density at radius 1 is 0.508 bits per heavy atom. The zero-order valence-electron chi connectivity index (χ0n) is 38.6. The molecule has 0 aromatic carbocycles. The maximum absolute atomic E-state index is 13.2. The molecule has 59 heavy (non-hydrogen) atoms. The predicted octanol–water partition coefficient (Wildman–Crippen LogP) is 14.6. The summed E-state index contributed by atoms with van der Waals surface area (Å²) in [7, 11) is 0. The fourth-order valence-electron chi connectivity index (χ4n) is 7.14. The zero-order chi connectivity index (χ0) is 43.1. The third-order valence-electron chi connectivity index (χ3n) is 10.9. The van der Waals surface area contributed by atoms with Crippen molar-refractivity contribution in [1.82, 2.24) is 5.32 Å². The molecule has 3 unspecified atom stereocenters. The van der Waals surface area contributed by atoms with Crippen molar-refractivity contribution < 1.29 is 24.5 Å². The van der Waals surface area contributed by atoms with E-state index in [1.807, 2.05) is 30.4 Å². The molecule has 0 saturated heterocycles. The van der Waals surface area contributed by atoms with Crippen LogP contribution in [0.15, 0.2) is 72.9 Å². The van der Waals surface area contributed by atoms with E-state index >= 15 is 0 Å². The number of allylic oxidation sites excluding steroid dienone is 12. The average molecular weight is 824 g/mol. The van der Waals surface area contributed by atoms with Crippen LogP contribution in [0.25, 0.3) is 0 Å². The van der Waals surface area contributed by atoms with Gasteiger partial charge in [0.05, 0.1) is 25.2 Å². The fraction of sp³-hybridized carbons (Fsp3) is 0.736. The summed E-state index contributed by atoms with van der Waals surface area (Å²) in [6.45, 7) is 6.31. The van der Waals surface area contributed by atoms with Crippen LogP contribution < -0.4 is 5.32 Å². The number of unbranched alkanes of at least 4 members (excludes halogenated alkanes) is 23. The first kappa shape index (κ1) is 56.3. The Morgan fingerprint density at radius 2 is 0.932 bits per heavy atom. The van der Waals surface area contributed by atoms with Crippen molar-refractivity contribution in [1.29, 1.82) is 0 Å². The molecule has 1 amide bonds. The molecule has 6 nitrogen and oxygen atoms in total. The first-order valence-corrected chi connectivity index (χ1v) is 24.7. The van der Waals surface area contributed by atoms with E-state index in [9.17, 15) is 19.8 Å². The van der Waals surface area contributed by atoms with Gasteiger partial charge in [-0.2, -0.15) is 0 Å². The molecule has 0 radical (unpaired) electrons. The predicted molar refractivity (Wildman–Crippen MR) is 255 cm³/mol. The molecular formula is C53H93NO5. The molecule has 0 aliphatic carbocycles. The Labute approximate surface area is 364 Å². The van der Waals surface area contributed by atoms with Gasteiger partial charge < -0.3 is 20.3 Å². The molecule has 0 rings (SSSR count). The first-order chi connectivity index (χ1) is 29.0. The van der Waals surface area contributed by atoms with Crippen LogP contribution in [0.4, 0.5) is 0 Å². The largest absolute Gasteiger partial charge is 0.462 e. The third-order valence-corrected chi connectivity index (χ3v) is 10.9. The number of rotatable bonds is 43. The van der Waals surface area contributed by atoms with Crippen molar-refractivity contribution in [3.63, 3.8) is 0 Å². The molecule has 0 saturated carbocycles. The summed E-state index contributed by atoms with van der Waals surface area (Å²) in [6, 6.07) is -0.726. The standard InChI is InChI=1S/C53H93NO5/c1-4-7-10-13-16-19-22-25-28-29-32-35-38-41-44-49(59-53(58)46-43-40-37-34-31-27-24-21-18-15-12-9-6-3)47-52(57)54-50(48-55)51(56)45-42-39-36-33-30-26-23-20-17-14-11-8-5-2/h9,12,15,18,21,24,27-29,31-32,35,49-51,55-56H,4-8,10-11,13-14,16-17,19-20,22-23,25-26,30,33-34,36-48H2,1-3H3,(H,54,57)/b12-9+,18-15+,24-21-,29-28+,31-27-,35-32+. The molecule has 0 aliphatic rings. The summed E-state index contributed by atoms with van der Waals surface area (Å²) in [5.41, 5.74) is 0. The van der Waals surface area contributed by atoms with Crippen LogP contribution in [0.1, 0.15) is 226 Å². The summed E-state index contributed by atoms with van der Waals surface area (Å²) < 4.78 is 5.87. The van der Waals surface area contributed by atoms with Crippen molar-refractivity contribution in [3.8, 4) is 0 Å². The Morgan fingerprint density at radius 3 is 1.44 bits per heavy atom. The second kappa shape index (κ2) is 46.4. The molecule has 0 spiro atoms. The zero-order valence-corrected chi connectivity index (χ0v) is 38.6. The highest BCUT2D eigenvalue weighted by Gasteiger charge is 2.24. The number of carbonyl (C=O) groups is 2. The number of aliphatic hydroxyl groups is 2. The van der Waals surface area contributed by atoms with E-state index in [2.05, 4.69) is 68.6 Å². The monoisotopic (exact) mass is 824 g/mol. The fourth-order valence-corrected chi connectivity index (χ4v) is 7.14. The topological polar surface area (TPSA) is 95.9 Å². The number of carbonyl (C=O) groups excluding carboxylic acids is 2. The summed E-state index contributed by atoms with van der Waals surface area (Å²) >= 11 is 0. The van der Waals surface area contributed by atoms with Crippen LogP contribution in [0.3, 0.4) is 0 Å². The molecule has 0 aromatic heterocycles. The number of nitrogens with one attached hydrogen (secondary N) is 1. The van der Waals surface area contributed by atoms with Gasteiger partial charge in [-0.15, -0.1) is 0 Å². The van der Waals surface area contributed by atoms with Crippen LogP contribution in [-0.2, 0) is 14.3 Å². The van der Waals surface area contributed by atoms with E-state index < -0.39 is 18.2 Å². The Hall–Kier alpha value is -2.70. The molecule has 3 atom stereocenters. The lowest BCUT2D eigenvalue weighted by Crippen LogP contribution is -2.46. The quantitative estimate of drug-likeness (QED) is 0.0323. The van der Waals surface area contributed by atoms with E-state index in [0.717, 1.165) is 70.6 Å². The lowest BCUT2D eigenvalue weighted by atomic mass is 10.0. The summed E-state index contributed by atoms with van der Waals surface area (Å²) in [5, 5.41) is 23.7. The van der Waals surface area contributed by atoms with Crippen molar-refractivity contribution >= 4 is 11.9 Å². The minimum atomic E-state index is -0.808. The van der Waals surface area contributed by atoms with Crippen LogP contribution in [0, 0.1) is 0 Å². The van der Waals surface area contributed by atoms with Gasteiger partial charge in [-0.1, -0.05) is 222 Å². The van der Waals surface area contributed by atoms with Crippen molar-refractivity contribution in [2.45, 2.75) is 244 Å². The van der Waals surface area contributed by atoms with Gasteiger partial charge in [-0.3, -0.25) is 9.59 Å². The number of hydrogen-bond acceptors (Lipinski definition) is 5. The second-order valence-corrected chi connectivity index (χ2v) is 16.6. The van der Waals surface area contributed by atoms with Crippen molar-refractivity contribution in [2.75, 3.05) is 6.61 Å². The van der Waals surface area contributed by atoms with Crippen LogP contribution in [-0.4, -0.2) is 46.9 Å². The van der Waals surface area contributed by atoms with E-state index in [4.69, 9.17) is 4.74 Å². The van der Waals surface area contributed by atoms with Gasteiger partial charge in [0.2, 0.25) is 5.91 Å². The van der Waals surface area contributed by atoms with Gasteiger partial charge in [0.15, 0.2) is 0 Å². The molecule has 0 fully saturated rings. The highest BCUT2D eigenvalue weighted by atomic mass is 16.5. The van der Waals surface area contributed by atoms with E-state index in [1.165, 1.54) is 109 Å². The number of aliphatic hydroxyl groups excluding tert-OH is 2. The van der Waals surface area contributed by atoms with Gasteiger partial charge in [0.1, 0.15) is 6.10 Å². The van der Waals surface area contributed by atoms with E-state index in [-0.39, 0.29) is 24.9 Å². The molecule has 0 aromatic rings. The highest BCUT2D eigenvalue weighted by Crippen LogP contribution is 2.16. The Balaban J connectivity index is 4.72. The summed E-state index contributed by atoms with van der Waals surface area (Å²) in [4.78, 5) is 26.0. The Bertz CT molecular complexity index is 1110. The van der Waals surface area contributed by atoms with Crippen molar-refractivity contribution in [3.05, 3.63) is 72.9 Å². The SMILES string of the molecule is CC/C=C/C=C/C=C\C=C/CCCCCC(=O)OC(CCC/C=C/C=C/CCCCCCCCC)CC(=O)NC(CO)C(O)CCCCCCCCCCCCCCC. The molecule has 6 heteroatoms. The van der Waals surface area contributed by atoms with Gasteiger partial charge >= 0.3 is 5.97 Å². The average Bonchev–Trinajstić information content (AvgIpc) is 3.23. The molecule has 0 bridgehead atoms. The van der Waals surface area contributed by atoms with Crippen LogP contribution in [0.2, 0.25) is 0 Å². The lowest BCUT2D eigenvalue weighted by molar-refractivity contribution is -0.151. The molecule has 3 N–H and O–H groups in total. The van der Waals surface area contributed by atoms with E-state index in [1.54, 1.807) is 0 Å². The smallest absolute Gasteiger partial charge is 0.306 e. The third kappa shape index (κ3) is 41.8. The van der Waals surface area contributed by atoms with Gasteiger partial charge in [-0.05, 0) is 64.2 Å². The van der Waals surface area contributed by atoms with Gasteiger partial charge in [0, 0.05) is 6.42 Å². The van der Waals surface area contributed by atoms with Crippen LogP contribution >= 0.6 is 0 Å². The highest BCUT2D eigenvalue weighted by molar-refractivity contribution is 5.77. The maximum atomic E-state index is 13.2. The molecular weight excluding hydrogens is 731 g/mol. The summed E-state index contributed by atoms with van der Waals surface area (Å²) in [6.07, 6.45) is 58.2. The van der Waals surface area contributed by atoms with Gasteiger partial charge in [-0.25, -0.2) is 0 Å². The number of hydrogen-bond donors (Lipinski definition) is 3. The maximum Gasteiger partial charge on any atom is 0.306 e. The Kier molecular flexibility index (Phi) is 44.2. The molecule has 340 valence electrons. The molecule has 0 aliphatic heterocycles. The van der Waals surface area contributed by atoms with Crippen LogP contribution in [0.5, 0.6) is 0 Å². The van der Waals surface area contributed by atoms with E-state index in [0.29, 0.717) is 19.3 Å². The number of amides is 1. The lowest BCUT2D eigenvalue weighted by Gasteiger charge is -2.24. The summed E-state index contributed by atoms with van der Waals surface area (Å²) in [5.74, 6) is -0.570. The second-order valence-electron chi connectivity index (χ2n) is 16.6. The number of esters is 1. The van der Waals surface area contributed by atoms with Gasteiger partial charge in [0.25, 0.3) is 0 Å². The minimum absolute atomic E-state index is 0.0259.